The topological polar surface area (TPSA) is 35.5 Å². The number of ether oxygens (including phenoxy) is 2. The average Bonchev–Trinajstić information content (AvgIpc) is 2.65. The van der Waals surface area contributed by atoms with Crippen molar-refractivity contribution in [2.75, 3.05) is 14.2 Å². The molecule has 0 N–H and O–H groups in total. The van der Waals surface area contributed by atoms with Gasteiger partial charge in [-0.3, -0.25) is 4.79 Å². The maximum Gasteiger partial charge on any atom is 0.185 e. The van der Waals surface area contributed by atoms with Crippen LogP contribution in [0, 0.1) is 0 Å². The van der Waals surface area contributed by atoms with Crippen LogP contribution in [0.2, 0.25) is 0 Å². The number of carbonyl (C=O) groups excluding carboxylic acids is 1. The number of carbonyl (C=O) groups is 1. The molecule has 3 aromatic carbocycles. The lowest BCUT2D eigenvalue weighted by atomic mass is 10.1. The van der Waals surface area contributed by atoms with Gasteiger partial charge in [0.2, 0.25) is 0 Å². The van der Waals surface area contributed by atoms with Crippen LogP contribution in [0.25, 0.3) is 16.8 Å². The Kier molecular flexibility index (Phi) is 4.62. The summed E-state index contributed by atoms with van der Waals surface area (Å²) in [5, 5.41) is 2.33. The van der Waals surface area contributed by atoms with Crippen LogP contribution in [0.3, 0.4) is 0 Å². The molecule has 0 aliphatic heterocycles. The van der Waals surface area contributed by atoms with E-state index < -0.39 is 0 Å². The number of hydrogen-bond acceptors (Lipinski definition) is 3. The molecule has 0 unspecified atom stereocenters. The maximum absolute atomic E-state index is 12.4. The van der Waals surface area contributed by atoms with Gasteiger partial charge in [0.25, 0.3) is 0 Å². The molecule has 0 saturated carbocycles. The summed E-state index contributed by atoms with van der Waals surface area (Å²) in [6, 6.07) is 19.4. The first-order valence-electron chi connectivity index (χ1n) is 7.64. The minimum absolute atomic E-state index is 0.0795. The van der Waals surface area contributed by atoms with Gasteiger partial charge in [0.1, 0.15) is 0 Å². The molecule has 0 aliphatic rings. The fourth-order valence-corrected chi connectivity index (χ4v) is 2.57. The van der Waals surface area contributed by atoms with Crippen molar-refractivity contribution in [2.24, 2.45) is 0 Å². The third kappa shape index (κ3) is 3.30. The van der Waals surface area contributed by atoms with Gasteiger partial charge < -0.3 is 9.47 Å². The molecule has 3 rings (SSSR count). The monoisotopic (exact) mass is 318 g/mol. The zero-order valence-corrected chi connectivity index (χ0v) is 13.7. The van der Waals surface area contributed by atoms with E-state index in [-0.39, 0.29) is 5.78 Å². The first-order chi connectivity index (χ1) is 11.7. The summed E-state index contributed by atoms with van der Waals surface area (Å²) < 4.78 is 10.4. The lowest BCUT2D eigenvalue weighted by Gasteiger charge is -2.08. The van der Waals surface area contributed by atoms with E-state index >= 15 is 0 Å². The molecule has 0 spiro atoms. The Morgan fingerprint density at radius 1 is 0.833 bits per heavy atom. The summed E-state index contributed by atoms with van der Waals surface area (Å²) in [5.41, 5.74) is 1.55. The first-order valence-corrected chi connectivity index (χ1v) is 7.64. The van der Waals surface area contributed by atoms with Crippen LogP contribution < -0.4 is 9.47 Å². The Balaban J connectivity index is 1.83. The summed E-state index contributed by atoms with van der Waals surface area (Å²) in [7, 11) is 3.12. The molecule has 0 heterocycles. The minimum Gasteiger partial charge on any atom is -0.493 e. The molecular formula is C21H18O3. The van der Waals surface area contributed by atoms with E-state index in [0.29, 0.717) is 17.1 Å². The van der Waals surface area contributed by atoms with E-state index in [0.717, 1.165) is 10.9 Å². The van der Waals surface area contributed by atoms with Crippen LogP contribution in [-0.4, -0.2) is 20.0 Å². The van der Waals surface area contributed by atoms with Crippen LogP contribution in [0.4, 0.5) is 0 Å². The Bertz CT molecular complexity index is 910. The third-order valence-corrected chi connectivity index (χ3v) is 3.87. The normalized spacial score (nSPS) is 10.9. The summed E-state index contributed by atoms with van der Waals surface area (Å²) >= 11 is 0. The van der Waals surface area contributed by atoms with Gasteiger partial charge >= 0.3 is 0 Å². The Labute approximate surface area is 141 Å². The first kappa shape index (κ1) is 15.8. The van der Waals surface area contributed by atoms with E-state index in [1.54, 1.807) is 38.5 Å². The average molecular weight is 318 g/mol. The zero-order chi connectivity index (χ0) is 16.9. The Hall–Kier alpha value is -3.07. The molecule has 3 nitrogen and oxygen atoms in total. The van der Waals surface area contributed by atoms with E-state index in [1.807, 2.05) is 24.3 Å². The van der Waals surface area contributed by atoms with Gasteiger partial charge in [-0.15, -0.1) is 0 Å². The van der Waals surface area contributed by atoms with Crippen molar-refractivity contribution in [3.8, 4) is 11.5 Å². The number of ketones is 1. The van der Waals surface area contributed by atoms with Gasteiger partial charge in [0.05, 0.1) is 14.2 Å². The molecule has 24 heavy (non-hydrogen) atoms. The molecule has 3 aromatic rings. The molecule has 0 radical (unpaired) electrons. The van der Waals surface area contributed by atoms with Gasteiger partial charge in [0, 0.05) is 5.56 Å². The SMILES string of the molecule is COc1ccc(C(=O)/C=C/c2ccc3ccccc3c2)cc1OC. The summed E-state index contributed by atoms with van der Waals surface area (Å²) in [6.07, 6.45) is 3.40. The van der Waals surface area contributed by atoms with Gasteiger partial charge in [-0.1, -0.05) is 42.5 Å². The van der Waals surface area contributed by atoms with Crippen molar-refractivity contribution >= 4 is 22.6 Å². The number of allylic oxidation sites excluding steroid dienone is 1. The lowest BCUT2D eigenvalue weighted by molar-refractivity contribution is 0.104. The molecule has 0 amide bonds. The second kappa shape index (κ2) is 7.01. The summed E-state index contributed by atoms with van der Waals surface area (Å²) in [6.45, 7) is 0. The highest BCUT2D eigenvalue weighted by Crippen LogP contribution is 2.28. The summed E-state index contributed by atoms with van der Waals surface area (Å²) in [4.78, 5) is 12.4. The molecule has 0 atom stereocenters. The van der Waals surface area contributed by atoms with Crippen LogP contribution >= 0.6 is 0 Å². The fraction of sp³-hybridized carbons (Fsp3) is 0.0952. The zero-order valence-electron chi connectivity index (χ0n) is 13.7. The molecule has 0 fully saturated rings. The summed E-state index contributed by atoms with van der Waals surface area (Å²) in [5.74, 6) is 1.07. The van der Waals surface area contributed by atoms with Crippen molar-refractivity contribution in [2.45, 2.75) is 0 Å². The molecule has 120 valence electrons. The van der Waals surface area contributed by atoms with E-state index in [9.17, 15) is 4.79 Å². The largest absolute Gasteiger partial charge is 0.493 e. The van der Waals surface area contributed by atoms with Gasteiger partial charge in [-0.2, -0.15) is 0 Å². The van der Waals surface area contributed by atoms with E-state index in [4.69, 9.17) is 9.47 Å². The number of rotatable bonds is 5. The third-order valence-electron chi connectivity index (χ3n) is 3.87. The molecule has 0 aliphatic carbocycles. The van der Waals surface area contributed by atoms with Crippen molar-refractivity contribution in [1.29, 1.82) is 0 Å². The lowest BCUT2D eigenvalue weighted by Crippen LogP contribution is -1.97. The van der Waals surface area contributed by atoms with Crippen LogP contribution in [0.15, 0.2) is 66.7 Å². The van der Waals surface area contributed by atoms with Crippen LogP contribution in [-0.2, 0) is 0 Å². The van der Waals surface area contributed by atoms with Crippen molar-refractivity contribution in [1.82, 2.24) is 0 Å². The fourth-order valence-electron chi connectivity index (χ4n) is 2.57. The predicted octanol–water partition coefficient (Wildman–Crippen LogP) is 4.75. The molecule has 0 saturated heterocycles. The van der Waals surface area contributed by atoms with Gasteiger partial charge in [-0.05, 0) is 46.7 Å². The highest BCUT2D eigenvalue weighted by Gasteiger charge is 2.08. The van der Waals surface area contributed by atoms with Crippen molar-refractivity contribution < 1.29 is 14.3 Å². The Morgan fingerprint density at radius 2 is 1.58 bits per heavy atom. The number of methoxy groups -OCH3 is 2. The minimum atomic E-state index is -0.0795. The van der Waals surface area contributed by atoms with Crippen LogP contribution in [0.1, 0.15) is 15.9 Å². The molecule has 3 heteroatoms. The van der Waals surface area contributed by atoms with Crippen molar-refractivity contribution in [3.05, 3.63) is 77.9 Å². The molecular weight excluding hydrogens is 300 g/mol. The second-order valence-corrected chi connectivity index (χ2v) is 5.37. The van der Waals surface area contributed by atoms with E-state index in [1.165, 1.54) is 5.39 Å². The highest BCUT2D eigenvalue weighted by atomic mass is 16.5. The Morgan fingerprint density at radius 3 is 2.33 bits per heavy atom. The highest BCUT2D eigenvalue weighted by molar-refractivity contribution is 6.07. The van der Waals surface area contributed by atoms with Crippen molar-refractivity contribution in [3.63, 3.8) is 0 Å². The molecule has 0 aromatic heterocycles. The number of fused-ring (bicyclic) bond motifs is 1. The van der Waals surface area contributed by atoms with E-state index in [2.05, 4.69) is 24.3 Å². The predicted molar refractivity (Wildman–Crippen MR) is 96.9 cm³/mol. The smallest absolute Gasteiger partial charge is 0.185 e. The second-order valence-electron chi connectivity index (χ2n) is 5.37. The number of benzene rings is 3. The maximum atomic E-state index is 12.4. The number of hydrogen-bond donors (Lipinski definition) is 0. The molecule has 0 bridgehead atoms. The standard InChI is InChI=1S/C21H18O3/c1-23-20-12-10-18(14-21(20)24-2)19(22)11-8-15-7-9-16-5-3-4-6-17(16)13-15/h3-14H,1-2H3/b11-8+. The van der Waals surface area contributed by atoms with Gasteiger partial charge in [-0.25, -0.2) is 0 Å². The van der Waals surface area contributed by atoms with Gasteiger partial charge in [0.15, 0.2) is 17.3 Å². The van der Waals surface area contributed by atoms with Crippen LogP contribution in [0.5, 0.6) is 11.5 Å². The quantitative estimate of drug-likeness (QED) is 0.503.